The van der Waals surface area contributed by atoms with E-state index in [-0.39, 0.29) is 24.6 Å². The quantitative estimate of drug-likeness (QED) is 0.739. The fourth-order valence-corrected chi connectivity index (χ4v) is 3.51. The SMILES string of the molecule is CCOC(=O)C1=NN(c2ccccc2)C(C(=O)NCCN2CCCCC2)C1. The molecule has 0 aromatic heterocycles. The monoisotopic (exact) mass is 372 g/mol. The Labute approximate surface area is 160 Å². The van der Waals surface area contributed by atoms with E-state index in [0.717, 1.165) is 25.3 Å². The molecule has 0 radical (unpaired) electrons. The number of hydrazone groups is 1. The number of carbonyl (C=O) groups excluding carboxylic acids is 2. The molecule has 2 aliphatic rings. The molecule has 1 saturated heterocycles. The number of para-hydroxylation sites is 1. The average Bonchev–Trinajstić information content (AvgIpc) is 3.15. The molecular formula is C20H28N4O3. The minimum absolute atomic E-state index is 0.112. The normalized spacial score (nSPS) is 20.3. The van der Waals surface area contributed by atoms with Crippen LogP contribution in [-0.2, 0) is 14.3 Å². The van der Waals surface area contributed by atoms with Gasteiger partial charge in [0, 0.05) is 19.5 Å². The van der Waals surface area contributed by atoms with Gasteiger partial charge in [-0.15, -0.1) is 0 Å². The van der Waals surface area contributed by atoms with Crippen LogP contribution in [0.2, 0.25) is 0 Å². The molecule has 0 saturated carbocycles. The van der Waals surface area contributed by atoms with E-state index in [4.69, 9.17) is 4.74 Å². The summed E-state index contributed by atoms with van der Waals surface area (Å²) in [6, 6.07) is 8.91. The molecule has 1 unspecified atom stereocenters. The summed E-state index contributed by atoms with van der Waals surface area (Å²) >= 11 is 0. The van der Waals surface area contributed by atoms with Crippen LogP contribution in [0.1, 0.15) is 32.6 Å². The van der Waals surface area contributed by atoms with Gasteiger partial charge in [0.15, 0.2) is 0 Å². The van der Waals surface area contributed by atoms with Gasteiger partial charge >= 0.3 is 5.97 Å². The highest BCUT2D eigenvalue weighted by Gasteiger charge is 2.36. The lowest BCUT2D eigenvalue weighted by molar-refractivity contribution is -0.135. The molecule has 2 heterocycles. The number of hydrogen-bond donors (Lipinski definition) is 1. The molecule has 1 aromatic rings. The predicted molar refractivity (Wildman–Crippen MR) is 105 cm³/mol. The van der Waals surface area contributed by atoms with Gasteiger partial charge in [0.05, 0.1) is 12.3 Å². The molecule has 146 valence electrons. The molecule has 1 amide bonds. The summed E-state index contributed by atoms with van der Waals surface area (Å²) in [4.78, 5) is 27.3. The first-order chi connectivity index (χ1) is 13.2. The summed E-state index contributed by atoms with van der Waals surface area (Å²) < 4.78 is 5.06. The van der Waals surface area contributed by atoms with Crippen molar-refractivity contribution in [1.29, 1.82) is 0 Å². The highest BCUT2D eigenvalue weighted by atomic mass is 16.5. The van der Waals surface area contributed by atoms with Crippen molar-refractivity contribution in [2.45, 2.75) is 38.6 Å². The second-order valence-corrected chi connectivity index (χ2v) is 6.86. The van der Waals surface area contributed by atoms with Gasteiger partial charge in [-0.2, -0.15) is 5.10 Å². The summed E-state index contributed by atoms with van der Waals surface area (Å²) in [5.41, 5.74) is 1.07. The molecule has 27 heavy (non-hydrogen) atoms. The van der Waals surface area contributed by atoms with Crippen LogP contribution in [0.15, 0.2) is 35.4 Å². The molecule has 2 aliphatic heterocycles. The Morgan fingerprint density at radius 3 is 2.63 bits per heavy atom. The number of ether oxygens (including phenoxy) is 1. The number of benzene rings is 1. The van der Waals surface area contributed by atoms with E-state index in [2.05, 4.69) is 15.3 Å². The molecule has 1 N–H and O–H groups in total. The van der Waals surface area contributed by atoms with E-state index in [1.54, 1.807) is 11.9 Å². The van der Waals surface area contributed by atoms with Gasteiger partial charge < -0.3 is 15.0 Å². The number of amides is 1. The smallest absolute Gasteiger partial charge is 0.354 e. The van der Waals surface area contributed by atoms with E-state index in [0.29, 0.717) is 6.54 Å². The van der Waals surface area contributed by atoms with Crippen molar-refractivity contribution in [3.63, 3.8) is 0 Å². The number of hydrogen-bond acceptors (Lipinski definition) is 6. The lowest BCUT2D eigenvalue weighted by Gasteiger charge is -2.27. The van der Waals surface area contributed by atoms with Gasteiger partial charge in [-0.3, -0.25) is 9.80 Å². The number of carbonyl (C=O) groups is 2. The Hall–Kier alpha value is -2.41. The van der Waals surface area contributed by atoms with Gasteiger partial charge in [0.1, 0.15) is 11.8 Å². The van der Waals surface area contributed by atoms with E-state index in [1.165, 1.54) is 19.3 Å². The second kappa shape index (κ2) is 9.50. The maximum absolute atomic E-state index is 12.8. The highest BCUT2D eigenvalue weighted by Crippen LogP contribution is 2.25. The standard InChI is InChI=1S/C20H28N4O3/c1-2-27-20(26)17-15-18(24(22-17)16-9-5-3-6-10-16)19(25)21-11-14-23-12-7-4-8-13-23/h3,5-6,9-10,18H,2,4,7-8,11-15H2,1H3,(H,21,25). The first kappa shape index (κ1) is 19.4. The summed E-state index contributed by atoms with van der Waals surface area (Å²) in [5.74, 6) is -0.569. The molecule has 1 fully saturated rings. The van der Waals surface area contributed by atoms with Crippen molar-refractivity contribution in [2.24, 2.45) is 5.10 Å². The Bertz CT molecular complexity index is 671. The fourth-order valence-electron chi connectivity index (χ4n) is 3.51. The van der Waals surface area contributed by atoms with Gasteiger partial charge in [-0.05, 0) is 45.0 Å². The molecule has 3 rings (SSSR count). The minimum atomic E-state index is -0.534. The number of anilines is 1. The molecule has 0 spiro atoms. The number of esters is 1. The van der Waals surface area contributed by atoms with Crippen molar-refractivity contribution >= 4 is 23.3 Å². The molecule has 7 nitrogen and oxygen atoms in total. The lowest BCUT2D eigenvalue weighted by Crippen LogP contribution is -2.45. The zero-order chi connectivity index (χ0) is 19.1. The molecule has 1 aromatic carbocycles. The summed E-state index contributed by atoms with van der Waals surface area (Å²) in [6.45, 7) is 5.71. The van der Waals surface area contributed by atoms with Crippen molar-refractivity contribution in [2.75, 3.05) is 37.8 Å². The van der Waals surface area contributed by atoms with Crippen LogP contribution < -0.4 is 10.3 Å². The summed E-state index contributed by atoms with van der Waals surface area (Å²) in [7, 11) is 0. The first-order valence-electron chi connectivity index (χ1n) is 9.78. The lowest BCUT2D eigenvalue weighted by atomic mass is 10.1. The van der Waals surface area contributed by atoms with Crippen LogP contribution in [0, 0.1) is 0 Å². The zero-order valence-electron chi connectivity index (χ0n) is 15.9. The molecule has 1 atom stereocenters. The maximum Gasteiger partial charge on any atom is 0.354 e. The Morgan fingerprint density at radius 1 is 1.19 bits per heavy atom. The van der Waals surface area contributed by atoms with Gasteiger partial charge in [0.2, 0.25) is 5.91 Å². The number of rotatable bonds is 7. The Morgan fingerprint density at radius 2 is 1.93 bits per heavy atom. The number of nitrogens with one attached hydrogen (secondary N) is 1. The summed E-state index contributed by atoms with van der Waals surface area (Å²) in [6.07, 6.45) is 4.01. The third kappa shape index (κ3) is 5.07. The Kier molecular flexibility index (Phi) is 6.81. The third-order valence-electron chi connectivity index (χ3n) is 4.92. The van der Waals surface area contributed by atoms with Crippen molar-refractivity contribution in [3.8, 4) is 0 Å². The Balaban J connectivity index is 1.62. The van der Waals surface area contributed by atoms with E-state index in [1.807, 2.05) is 30.3 Å². The van der Waals surface area contributed by atoms with E-state index < -0.39 is 12.0 Å². The zero-order valence-corrected chi connectivity index (χ0v) is 15.9. The molecule has 0 bridgehead atoms. The highest BCUT2D eigenvalue weighted by molar-refractivity contribution is 6.38. The number of likely N-dealkylation sites (tertiary alicyclic amines) is 1. The number of piperidine rings is 1. The van der Waals surface area contributed by atoms with Gasteiger partial charge in [0.25, 0.3) is 0 Å². The third-order valence-corrected chi connectivity index (χ3v) is 4.92. The molecule has 7 heteroatoms. The van der Waals surface area contributed by atoms with Crippen LogP contribution in [0.25, 0.3) is 0 Å². The first-order valence-corrected chi connectivity index (χ1v) is 9.78. The van der Waals surface area contributed by atoms with Crippen LogP contribution in [-0.4, -0.2) is 61.3 Å². The van der Waals surface area contributed by atoms with E-state index >= 15 is 0 Å². The van der Waals surface area contributed by atoms with Crippen molar-refractivity contribution < 1.29 is 14.3 Å². The topological polar surface area (TPSA) is 74.2 Å². The fraction of sp³-hybridized carbons (Fsp3) is 0.550. The minimum Gasteiger partial charge on any atom is -0.461 e. The van der Waals surface area contributed by atoms with Crippen LogP contribution in [0.5, 0.6) is 0 Å². The number of nitrogens with zero attached hydrogens (tertiary/aromatic N) is 3. The molecule has 0 aliphatic carbocycles. The summed E-state index contributed by atoms with van der Waals surface area (Å²) in [5, 5.41) is 9.02. The van der Waals surface area contributed by atoms with Crippen LogP contribution in [0.3, 0.4) is 0 Å². The second-order valence-electron chi connectivity index (χ2n) is 6.86. The van der Waals surface area contributed by atoms with Crippen LogP contribution in [0.4, 0.5) is 5.69 Å². The average molecular weight is 372 g/mol. The predicted octanol–water partition coefficient (Wildman–Crippen LogP) is 1.79. The van der Waals surface area contributed by atoms with Crippen molar-refractivity contribution in [3.05, 3.63) is 30.3 Å². The van der Waals surface area contributed by atoms with Crippen LogP contribution >= 0.6 is 0 Å². The van der Waals surface area contributed by atoms with E-state index in [9.17, 15) is 9.59 Å². The maximum atomic E-state index is 12.8. The van der Waals surface area contributed by atoms with Gasteiger partial charge in [-0.25, -0.2) is 4.79 Å². The molecular weight excluding hydrogens is 344 g/mol. The van der Waals surface area contributed by atoms with Crippen molar-refractivity contribution in [1.82, 2.24) is 10.2 Å². The van der Waals surface area contributed by atoms with Gasteiger partial charge in [-0.1, -0.05) is 24.6 Å². The largest absolute Gasteiger partial charge is 0.461 e.